The second kappa shape index (κ2) is 43.7. The van der Waals surface area contributed by atoms with Gasteiger partial charge in [-0.1, -0.05) is 0 Å². The minimum absolute atomic E-state index is 0.384. The largest absolute Gasteiger partial charge is 0.472 e. The van der Waals surface area contributed by atoms with Gasteiger partial charge in [0.1, 0.15) is 219 Å². The first-order valence-electron chi connectivity index (χ1n) is 37.5. The lowest BCUT2D eigenvalue weighted by atomic mass is 9.93. The van der Waals surface area contributed by atoms with Crippen LogP contribution in [0.15, 0.2) is 0 Å². The number of carbonyl (C=O) groups is 4. The molecule has 0 aliphatic carbocycles. The number of aliphatic hydroxyl groups is 24. The van der Waals surface area contributed by atoms with E-state index >= 15 is 0 Å². The molecule has 9 fully saturated rings. The first-order chi connectivity index (χ1) is 56.2. The lowest BCUT2D eigenvalue weighted by Crippen LogP contribution is -2.71. The van der Waals surface area contributed by atoms with Crippen molar-refractivity contribution in [3.63, 3.8) is 0 Å². The molecule has 690 valence electrons. The van der Waals surface area contributed by atoms with Gasteiger partial charge >= 0.3 is 7.82 Å². The monoisotopic (exact) mass is 1760 g/mol. The number of phosphoric ester groups is 1. The van der Waals surface area contributed by atoms with E-state index in [9.17, 15) is 151 Å². The van der Waals surface area contributed by atoms with E-state index in [0.717, 1.165) is 27.7 Å². The molecular weight excluding hydrogens is 1650 g/mol. The second-order valence-corrected chi connectivity index (χ2v) is 30.8. The predicted octanol–water partition coefficient (Wildman–Crippen LogP) is -20.0. The number of amides is 4. The summed E-state index contributed by atoms with van der Waals surface area (Å²) in [6.07, 6.45) is -87.7. The number of nitrogens with one attached hydrogen (secondary N) is 4. The van der Waals surface area contributed by atoms with E-state index in [4.69, 9.17) is 95.3 Å². The maximum Gasteiger partial charge on any atom is 0.472 e. The van der Waals surface area contributed by atoms with Gasteiger partial charge in [-0.15, -0.1) is 0 Å². The summed E-state index contributed by atoms with van der Waals surface area (Å²) in [5.74, 6) is -3.79. The van der Waals surface area contributed by atoms with Crippen molar-refractivity contribution >= 4 is 31.5 Å². The first-order valence-corrected chi connectivity index (χ1v) is 39.0. The van der Waals surface area contributed by atoms with Crippen LogP contribution < -0.4 is 27.0 Å². The van der Waals surface area contributed by atoms with Crippen LogP contribution in [0.2, 0.25) is 0 Å². The summed E-state index contributed by atoms with van der Waals surface area (Å²) < 4.78 is 124. The fourth-order valence-corrected chi connectivity index (χ4v) is 15.6. The van der Waals surface area contributed by atoms with Crippen LogP contribution in [-0.2, 0) is 113 Å². The Balaban J connectivity index is 1.07. The van der Waals surface area contributed by atoms with Crippen LogP contribution in [0.4, 0.5) is 0 Å². The Labute approximate surface area is 673 Å². The van der Waals surface area contributed by atoms with Crippen molar-refractivity contribution in [1.82, 2.24) is 21.3 Å². The van der Waals surface area contributed by atoms with Gasteiger partial charge in [-0.3, -0.25) is 28.2 Å². The van der Waals surface area contributed by atoms with E-state index in [1.165, 1.54) is 0 Å². The maximum absolute atomic E-state index is 13.4. The number of hydrogen-bond donors (Lipinski definition) is 30. The zero-order valence-electron chi connectivity index (χ0n) is 63.8. The van der Waals surface area contributed by atoms with E-state index in [2.05, 4.69) is 21.3 Å². The fourth-order valence-electron chi connectivity index (χ4n) is 14.8. The Kier molecular flexibility index (Phi) is 36.4. The highest BCUT2D eigenvalue weighted by Crippen LogP contribution is 2.45. The molecule has 119 heavy (non-hydrogen) atoms. The van der Waals surface area contributed by atoms with Crippen LogP contribution in [0.1, 0.15) is 27.7 Å². The van der Waals surface area contributed by atoms with Gasteiger partial charge in [0.25, 0.3) is 0 Å². The molecule has 0 aromatic rings. The highest BCUT2D eigenvalue weighted by Gasteiger charge is 2.61. The molecular formula is C64H110N5O49P. The number of nitrogens with two attached hydrogens (primary N) is 1. The van der Waals surface area contributed by atoms with Crippen molar-refractivity contribution in [1.29, 1.82) is 0 Å². The average Bonchev–Trinajstić information content (AvgIpc) is 0.766. The summed E-state index contributed by atoms with van der Waals surface area (Å²) in [5.41, 5.74) is 5.50. The quantitative estimate of drug-likeness (QED) is 0.0266. The number of ether oxygens (including phenoxy) is 17. The lowest BCUT2D eigenvalue weighted by Gasteiger charge is -2.51. The summed E-state index contributed by atoms with van der Waals surface area (Å²) in [5, 5.41) is 277. The average molecular weight is 1760 g/mol. The molecule has 9 heterocycles. The molecule has 0 saturated carbocycles. The van der Waals surface area contributed by atoms with Crippen LogP contribution in [-0.4, -0.2) is 500 Å². The molecule has 46 atom stereocenters. The van der Waals surface area contributed by atoms with Gasteiger partial charge in [0.05, 0.1) is 66.1 Å². The van der Waals surface area contributed by atoms with Gasteiger partial charge in [0.15, 0.2) is 56.6 Å². The van der Waals surface area contributed by atoms with Crippen LogP contribution in [0.3, 0.4) is 0 Å². The molecule has 55 heteroatoms. The molecule has 9 aliphatic heterocycles. The maximum atomic E-state index is 13.4. The fraction of sp³-hybridized carbons (Fsp3) is 0.938. The zero-order chi connectivity index (χ0) is 87.8. The molecule has 0 spiro atoms. The summed E-state index contributed by atoms with van der Waals surface area (Å²) in [6.45, 7) is -7.48. The highest BCUT2D eigenvalue weighted by atomic mass is 31.2. The molecule has 0 bridgehead atoms. The Morgan fingerprint density at radius 1 is 0.294 bits per heavy atom. The molecule has 4 amide bonds. The van der Waals surface area contributed by atoms with Gasteiger partial charge in [0, 0.05) is 34.2 Å². The summed E-state index contributed by atoms with van der Waals surface area (Å²) in [7, 11) is -5.30. The molecule has 0 aromatic heterocycles. The van der Waals surface area contributed by atoms with Crippen molar-refractivity contribution in [3.8, 4) is 0 Å². The predicted molar refractivity (Wildman–Crippen MR) is 367 cm³/mol. The second-order valence-electron chi connectivity index (χ2n) is 29.4. The van der Waals surface area contributed by atoms with Gasteiger partial charge in [-0.2, -0.15) is 0 Å². The van der Waals surface area contributed by atoms with E-state index in [1.807, 2.05) is 0 Å². The Bertz CT molecular complexity index is 3240. The smallest absolute Gasteiger partial charge is 0.394 e. The SMILES string of the molecule is CC(=O)N[C@@H]1[C@@H](O)[C@H](O[C@@H]2O[C@H](CO)[C@@H](O[C@@H]3O[C@H](CO[C@H]4O[C@H](CO)[C@@H](O)[C@H](O[C@H]5O[C@H](CO)[C@@H](O)[C@H](O)[C@@H]5O)[C@@H]4O)[C@@H](O)[C@H](O[C@H]4O[C@H](CO)[C@@H](O)[C@H](O)[C@@H]4O[C@@H]4O[C@H](COP(=O)(O)OCCN)[C@@H](O[C@@H]5O[C@H](CO)[C@H](O)[C@H](O[C@@H]6O[C@H](CO)[C@H](O)[C@H](O)[C@H]6O)[C@H]5NC(C)=O)[C@H](O)[C@H]4NC(C)=O)[C@@H]3O)[C@H](O)[C@H]2NC(C)=O)[C@@H](CO)O[C@H]1O. The summed E-state index contributed by atoms with van der Waals surface area (Å²) in [4.78, 5) is 62.5. The van der Waals surface area contributed by atoms with Gasteiger partial charge in [-0.25, -0.2) is 4.57 Å². The van der Waals surface area contributed by atoms with E-state index < -0.39 is 374 Å². The van der Waals surface area contributed by atoms with Crippen molar-refractivity contribution in [2.45, 2.75) is 304 Å². The standard InChI is InChI=1S/C64H110N5O49P/c1-16(77)66-29-39(87)49(25(12-75)103-56(29)97)112-57-30(67-17(2)78)40(88)50(26(13-76)109-57)114-63-48(96)54(38(86)27(110-63)14-100-60-47(95)53(37(85)24(11-74)105-60)116-62-46(94)43(91)34(82)21(8-71)107-62)117-64-55(44(92)35(83)22(9-72)108-64)118-58-31(68-18(3)79)41(89)51(28(111-58)15-102-119(98,99)101-6-5-65)113-59-32(69-19(4)80)52(36(84)23(10-73)104-59)115-61-45(93)42(90)33(81)20(7-70)106-61/h20-64,70-76,81-97H,5-15,65H2,1-4H3,(H,66,77)(H,67,78)(H,68,79)(H,69,80)(H,98,99)/t20-,21-,22-,23-,24-,25-,26-,27-,28-,29-,30-,31-,32-,33+,34-,35-,36+,37-,38-,39-,40-,41-,42+,43+,44+,45-,46+,47+,48+,49-,50-,51-,52-,53+,54+,55+,56-,57+,58+,59+,60+,61+,62-,63+,64-/m1/s1. The van der Waals surface area contributed by atoms with Crippen molar-refractivity contribution < 1.29 is 241 Å². The topological polar surface area (TPSA) is 841 Å². The third-order valence-electron chi connectivity index (χ3n) is 21.0. The molecule has 9 rings (SSSR count). The van der Waals surface area contributed by atoms with Crippen LogP contribution >= 0.6 is 7.82 Å². The van der Waals surface area contributed by atoms with Gasteiger partial charge < -0.3 is 235 Å². The Morgan fingerprint density at radius 3 is 1.08 bits per heavy atom. The molecule has 1 unspecified atom stereocenters. The van der Waals surface area contributed by atoms with Crippen molar-refractivity contribution in [2.75, 3.05) is 72.6 Å². The van der Waals surface area contributed by atoms with E-state index in [1.54, 1.807) is 0 Å². The van der Waals surface area contributed by atoms with E-state index in [-0.39, 0.29) is 6.54 Å². The highest BCUT2D eigenvalue weighted by molar-refractivity contribution is 7.47. The number of carbonyl (C=O) groups excluding carboxylic acids is 4. The zero-order valence-corrected chi connectivity index (χ0v) is 64.7. The van der Waals surface area contributed by atoms with Gasteiger partial charge in [0.2, 0.25) is 23.6 Å². The number of rotatable bonds is 34. The first kappa shape index (κ1) is 99.1. The third kappa shape index (κ3) is 23.0. The Hall–Kier alpha value is -3.69. The molecule has 9 saturated heterocycles. The third-order valence-corrected chi connectivity index (χ3v) is 21.9. The van der Waals surface area contributed by atoms with Crippen LogP contribution in [0, 0.1) is 0 Å². The van der Waals surface area contributed by atoms with Crippen molar-refractivity contribution in [3.05, 3.63) is 0 Å². The Morgan fingerprint density at radius 2 is 0.605 bits per heavy atom. The lowest BCUT2D eigenvalue weighted by molar-refractivity contribution is -0.398. The molecule has 54 nitrogen and oxygen atoms in total. The van der Waals surface area contributed by atoms with Gasteiger partial charge in [-0.05, 0) is 0 Å². The number of aliphatic hydroxyl groups excluding tert-OH is 24. The molecule has 0 aromatic carbocycles. The minimum atomic E-state index is -5.30. The van der Waals surface area contributed by atoms with E-state index in [0.29, 0.717) is 0 Å². The summed E-state index contributed by atoms with van der Waals surface area (Å²) >= 11 is 0. The number of hydrogen-bond acceptors (Lipinski definition) is 49. The summed E-state index contributed by atoms with van der Waals surface area (Å²) in [6, 6.07) is -7.71. The molecule has 0 radical (unpaired) electrons. The normalized spacial score (nSPS) is 47.3. The molecule has 31 N–H and O–H groups in total. The molecule has 9 aliphatic rings. The van der Waals surface area contributed by atoms with Crippen molar-refractivity contribution in [2.24, 2.45) is 5.73 Å². The number of phosphoric acid groups is 1. The van der Waals surface area contributed by atoms with Crippen LogP contribution in [0.5, 0.6) is 0 Å². The van der Waals surface area contributed by atoms with Crippen LogP contribution in [0.25, 0.3) is 0 Å². The minimum Gasteiger partial charge on any atom is -0.394 e.